The Morgan fingerprint density at radius 3 is 2.70 bits per heavy atom. The van der Waals surface area contributed by atoms with Gasteiger partial charge < -0.3 is 15.7 Å². The maximum Gasteiger partial charge on any atom is 0.319 e. The van der Waals surface area contributed by atoms with Crippen LogP contribution in [0.3, 0.4) is 0 Å². The molecule has 0 bridgehead atoms. The fourth-order valence-electron chi connectivity index (χ4n) is 2.48. The van der Waals surface area contributed by atoms with Crippen molar-refractivity contribution in [2.24, 2.45) is 0 Å². The van der Waals surface area contributed by atoms with Gasteiger partial charge >= 0.3 is 6.03 Å². The monoisotopic (exact) mass is 280 g/mol. The minimum absolute atomic E-state index is 0.229. The van der Waals surface area contributed by atoms with E-state index in [0.717, 1.165) is 19.3 Å². The molecule has 0 aromatic heterocycles. The summed E-state index contributed by atoms with van der Waals surface area (Å²) in [6.07, 6.45) is 4.54. The Labute approximate surface area is 118 Å². The second kappa shape index (κ2) is 6.22. The van der Waals surface area contributed by atoms with Gasteiger partial charge in [0.05, 0.1) is 5.60 Å². The van der Waals surface area contributed by atoms with E-state index in [1.165, 1.54) is 6.07 Å². The van der Waals surface area contributed by atoms with Crippen LogP contribution < -0.4 is 10.6 Å². The number of anilines is 1. The number of benzene rings is 1. The second-order valence-corrected chi connectivity index (χ2v) is 5.56. The first-order valence-corrected chi connectivity index (χ1v) is 7.02. The van der Waals surface area contributed by atoms with Crippen molar-refractivity contribution >= 4 is 11.7 Å². The van der Waals surface area contributed by atoms with E-state index in [2.05, 4.69) is 10.6 Å². The predicted molar refractivity (Wildman–Crippen MR) is 76.2 cm³/mol. The average Bonchev–Trinajstić information content (AvgIpc) is 2.42. The summed E-state index contributed by atoms with van der Waals surface area (Å²) >= 11 is 0. The van der Waals surface area contributed by atoms with E-state index in [1.54, 1.807) is 19.1 Å². The van der Waals surface area contributed by atoms with Gasteiger partial charge in [0.25, 0.3) is 0 Å². The minimum atomic E-state index is -0.798. The number of aliphatic hydroxyl groups is 1. The molecule has 1 saturated carbocycles. The molecule has 0 aliphatic heterocycles. The highest BCUT2D eigenvalue weighted by Gasteiger charge is 2.29. The van der Waals surface area contributed by atoms with Gasteiger partial charge in [-0.25, -0.2) is 9.18 Å². The van der Waals surface area contributed by atoms with Crippen molar-refractivity contribution in [3.05, 3.63) is 29.6 Å². The molecule has 2 amide bonds. The Balaban J connectivity index is 1.84. The van der Waals surface area contributed by atoms with Crippen LogP contribution in [0.15, 0.2) is 18.2 Å². The number of carbonyl (C=O) groups excluding carboxylic acids is 1. The molecule has 1 aromatic rings. The van der Waals surface area contributed by atoms with Crippen LogP contribution in [0.4, 0.5) is 14.9 Å². The average molecular weight is 280 g/mol. The zero-order chi connectivity index (χ0) is 14.6. The fraction of sp³-hybridized carbons (Fsp3) is 0.533. The van der Waals surface area contributed by atoms with Crippen molar-refractivity contribution in [1.82, 2.24) is 5.32 Å². The molecule has 1 aliphatic rings. The van der Waals surface area contributed by atoms with E-state index < -0.39 is 11.6 Å². The number of hydrogen-bond donors (Lipinski definition) is 3. The van der Waals surface area contributed by atoms with E-state index in [1.807, 2.05) is 0 Å². The molecular formula is C15H21FN2O2. The molecule has 2 rings (SSSR count). The lowest BCUT2D eigenvalue weighted by atomic mass is 9.85. The first-order chi connectivity index (χ1) is 9.48. The summed E-state index contributed by atoms with van der Waals surface area (Å²) in [5, 5.41) is 15.5. The van der Waals surface area contributed by atoms with Crippen molar-refractivity contribution < 1.29 is 14.3 Å². The largest absolute Gasteiger partial charge is 0.388 e. The van der Waals surface area contributed by atoms with Crippen molar-refractivity contribution in [2.75, 3.05) is 11.9 Å². The third kappa shape index (κ3) is 3.93. The molecule has 0 heterocycles. The van der Waals surface area contributed by atoms with Gasteiger partial charge in [0.1, 0.15) is 5.82 Å². The fourth-order valence-corrected chi connectivity index (χ4v) is 2.48. The molecule has 110 valence electrons. The van der Waals surface area contributed by atoms with Gasteiger partial charge in [0, 0.05) is 12.2 Å². The SMILES string of the molecule is Cc1ccc(NC(=O)NCC2(O)CCCCC2)cc1F. The van der Waals surface area contributed by atoms with E-state index in [-0.39, 0.29) is 12.4 Å². The number of carbonyl (C=O) groups is 1. The van der Waals surface area contributed by atoms with Crippen LogP contribution in [0.1, 0.15) is 37.7 Å². The molecule has 1 fully saturated rings. The van der Waals surface area contributed by atoms with E-state index >= 15 is 0 Å². The zero-order valence-corrected chi connectivity index (χ0v) is 11.7. The number of amides is 2. The molecule has 4 nitrogen and oxygen atoms in total. The number of urea groups is 1. The Kier molecular flexibility index (Phi) is 4.60. The molecule has 1 aliphatic carbocycles. The molecule has 0 radical (unpaired) electrons. The summed E-state index contributed by atoms with van der Waals surface area (Å²) in [4.78, 5) is 11.7. The van der Waals surface area contributed by atoms with Gasteiger partial charge in [-0.1, -0.05) is 25.3 Å². The Hall–Kier alpha value is -1.62. The summed E-state index contributed by atoms with van der Waals surface area (Å²) in [7, 11) is 0. The highest BCUT2D eigenvalue weighted by molar-refractivity contribution is 5.89. The molecule has 0 saturated heterocycles. The lowest BCUT2D eigenvalue weighted by Gasteiger charge is -2.32. The highest BCUT2D eigenvalue weighted by atomic mass is 19.1. The Bertz CT molecular complexity index is 485. The summed E-state index contributed by atoms with van der Waals surface area (Å²) < 4.78 is 13.4. The van der Waals surface area contributed by atoms with Gasteiger partial charge in [-0.05, 0) is 37.5 Å². The van der Waals surface area contributed by atoms with E-state index in [4.69, 9.17) is 0 Å². The normalized spacial score (nSPS) is 17.6. The highest BCUT2D eigenvalue weighted by Crippen LogP contribution is 2.27. The molecule has 0 atom stereocenters. The van der Waals surface area contributed by atoms with Crippen LogP contribution in [-0.4, -0.2) is 23.3 Å². The van der Waals surface area contributed by atoms with Crippen LogP contribution >= 0.6 is 0 Å². The molecular weight excluding hydrogens is 259 g/mol. The van der Waals surface area contributed by atoms with E-state index in [0.29, 0.717) is 24.1 Å². The molecule has 20 heavy (non-hydrogen) atoms. The first-order valence-electron chi connectivity index (χ1n) is 7.02. The van der Waals surface area contributed by atoms with Crippen LogP contribution in [0.2, 0.25) is 0 Å². The number of halogens is 1. The predicted octanol–water partition coefficient (Wildman–Crippen LogP) is 2.95. The van der Waals surface area contributed by atoms with Gasteiger partial charge in [0.2, 0.25) is 0 Å². The number of nitrogens with one attached hydrogen (secondary N) is 2. The topological polar surface area (TPSA) is 61.4 Å². The second-order valence-electron chi connectivity index (χ2n) is 5.56. The van der Waals surface area contributed by atoms with Gasteiger partial charge in [0.15, 0.2) is 0 Å². The van der Waals surface area contributed by atoms with Gasteiger partial charge in [-0.3, -0.25) is 0 Å². The summed E-state index contributed by atoms with van der Waals surface area (Å²) in [6.45, 7) is 1.89. The first kappa shape index (κ1) is 14.8. The molecule has 0 spiro atoms. The van der Waals surface area contributed by atoms with E-state index in [9.17, 15) is 14.3 Å². The Morgan fingerprint density at radius 2 is 2.05 bits per heavy atom. The molecule has 0 unspecified atom stereocenters. The molecule has 5 heteroatoms. The van der Waals surface area contributed by atoms with Crippen LogP contribution in [0.25, 0.3) is 0 Å². The molecule has 1 aromatic carbocycles. The van der Waals surface area contributed by atoms with Crippen LogP contribution in [0.5, 0.6) is 0 Å². The summed E-state index contributed by atoms with van der Waals surface area (Å²) in [6, 6.07) is 4.12. The quantitative estimate of drug-likeness (QED) is 0.797. The smallest absolute Gasteiger partial charge is 0.319 e. The standard InChI is InChI=1S/C15H21FN2O2/c1-11-5-6-12(9-13(11)16)18-14(19)17-10-15(20)7-3-2-4-8-15/h5-6,9,20H,2-4,7-8,10H2,1H3,(H2,17,18,19). The number of aryl methyl sites for hydroxylation is 1. The van der Waals surface area contributed by atoms with Crippen molar-refractivity contribution in [1.29, 1.82) is 0 Å². The van der Waals surface area contributed by atoms with Crippen molar-refractivity contribution in [2.45, 2.75) is 44.6 Å². The van der Waals surface area contributed by atoms with Crippen molar-refractivity contribution in [3.8, 4) is 0 Å². The third-order valence-electron chi connectivity index (χ3n) is 3.79. The Morgan fingerprint density at radius 1 is 1.35 bits per heavy atom. The minimum Gasteiger partial charge on any atom is -0.388 e. The van der Waals surface area contributed by atoms with Crippen LogP contribution in [-0.2, 0) is 0 Å². The third-order valence-corrected chi connectivity index (χ3v) is 3.79. The number of rotatable bonds is 3. The number of hydrogen-bond acceptors (Lipinski definition) is 2. The molecule has 3 N–H and O–H groups in total. The lowest BCUT2D eigenvalue weighted by molar-refractivity contribution is 0.00755. The van der Waals surface area contributed by atoms with Gasteiger partial charge in [-0.15, -0.1) is 0 Å². The lowest BCUT2D eigenvalue weighted by Crippen LogP contribution is -2.45. The maximum atomic E-state index is 13.4. The summed E-state index contributed by atoms with van der Waals surface area (Å²) in [5.41, 5.74) is 0.141. The summed E-state index contributed by atoms with van der Waals surface area (Å²) in [5.74, 6) is -0.353. The zero-order valence-electron chi connectivity index (χ0n) is 11.7. The maximum absolute atomic E-state index is 13.4. The van der Waals surface area contributed by atoms with Crippen LogP contribution in [0, 0.1) is 12.7 Å². The van der Waals surface area contributed by atoms with Gasteiger partial charge in [-0.2, -0.15) is 0 Å². The van der Waals surface area contributed by atoms with Crippen molar-refractivity contribution in [3.63, 3.8) is 0 Å².